The lowest BCUT2D eigenvalue weighted by Gasteiger charge is -2.18. The second-order valence-corrected chi connectivity index (χ2v) is 5.82. The van der Waals surface area contributed by atoms with E-state index in [1.165, 1.54) is 11.1 Å². The van der Waals surface area contributed by atoms with E-state index in [1.54, 1.807) is 0 Å². The van der Waals surface area contributed by atoms with Gasteiger partial charge in [0, 0.05) is 21.9 Å². The monoisotopic (exact) mass is 318 g/mol. The summed E-state index contributed by atoms with van der Waals surface area (Å²) in [4.78, 5) is 0. The third-order valence-electron chi connectivity index (χ3n) is 3.31. The van der Waals surface area contributed by atoms with E-state index in [1.807, 2.05) is 13.0 Å². The first-order valence-corrected chi connectivity index (χ1v) is 7.15. The highest BCUT2D eigenvalue weighted by Gasteiger charge is 2.09. The van der Waals surface area contributed by atoms with Gasteiger partial charge in [-0.2, -0.15) is 0 Å². The molecule has 2 aromatic rings. The molecule has 3 heteroatoms. The summed E-state index contributed by atoms with van der Waals surface area (Å²) in [6.45, 7) is 6.27. The number of hydrogen-bond donors (Lipinski definition) is 2. The van der Waals surface area contributed by atoms with Crippen molar-refractivity contribution >= 4 is 27.3 Å². The van der Waals surface area contributed by atoms with Crippen molar-refractivity contribution in [3.63, 3.8) is 0 Å². The Morgan fingerprint density at radius 3 is 2.37 bits per heavy atom. The van der Waals surface area contributed by atoms with Crippen molar-refractivity contribution in [3.05, 3.63) is 57.6 Å². The first-order valence-electron chi connectivity index (χ1n) is 6.36. The van der Waals surface area contributed by atoms with Gasteiger partial charge in [0.2, 0.25) is 0 Å². The predicted octanol–water partition coefficient (Wildman–Crippen LogP) is 4.82. The minimum absolute atomic E-state index is 0.250. The first-order chi connectivity index (χ1) is 8.97. The Kier molecular flexibility index (Phi) is 4.15. The average Bonchev–Trinajstić information content (AvgIpc) is 2.36. The van der Waals surface area contributed by atoms with Crippen LogP contribution >= 0.6 is 15.9 Å². The van der Waals surface area contributed by atoms with Crippen molar-refractivity contribution in [1.29, 1.82) is 0 Å². The van der Waals surface area contributed by atoms with Gasteiger partial charge < -0.3 is 11.1 Å². The van der Waals surface area contributed by atoms with Gasteiger partial charge in [-0.1, -0.05) is 29.8 Å². The van der Waals surface area contributed by atoms with Gasteiger partial charge in [-0.3, -0.25) is 0 Å². The fourth-order valence-electron chi connectivity index (χ4n) is 1.98. The van der Waals surface area contributed by atoms with Crippen LogP contribution in [0, 0.1) is 13.8 Å². The predicted molar refractivity (Wildman–Crippen MR) is 86.5 cm³/mol. The zero-order valence-corrected chi connectivity index (χ0v) is 13.1. The van der Waals surface area contributed by atoms with Crippen LogP contribution < -0.4 is 11.1 Å². The molecule has 0 amide bonds. The molecule has 0 saturated heterocycles. The van der Waals surface area contributed by atoms with Crippen LogP contribution in [0.25, 0.3) is 0 Å². The zero-order valence-electron chi connectivity index (χ0n) is 11.5. The summed E-state index contributed by atoms with van der Waals surface area (Å²) in [5.74, 6) is 0. The minimum Gasteiger partial charge on any atom is -0.398 e. The Labute approximate surface area is 123 Å². The highest BCUT2D eigenvalue weighted by molar-refractivity contribution is 9.10. The summed E-state index contributed by atoms with van der Waals surface area (Å²) in [6, 6.07) is 12.9. The van der Waals surface area contributed by atoms with Crippen molar-refractivity contribution in [2.24, 2.45) is 0 Å². The van der Waals surface area contributed by atoms with Gasteiger partial charge in [0.05, 0.1) is 0 Å². The molecule has 0 radical (unpaired) electrons. The molecule has 2 rings (SSSR count). The number of rotatable bonds is 3. The summed E-state index contributed by atoms with van der Waals surface area (Å²) in [6.07, 6.45) is 0. The van der Waals surface area contributed by atoms with Crippen LogP contribution in [0.3, 0.4) is 0 Å². The van der Waals surface area contributed by atoms with E-state index in [9.17, 15) is 0 Å². The molecule has 19 heavy (non-hydrogen) atoms. The molecule has 100 valence electrons. The molecule has 0 saturated carbocycles. The van der Waals surface area contributed by atoms with Crippen molar-refractivity contribution in [1.82, 2.24) is 0 Å². The fraction of sp³-hybridized carbons (Fsp3) is 0.250. The molecular weight excluding hydrogens is 300 g/mol. The Bertz CT molecular complexity index is 576. The lowest BCUT2D eigenvalue weighted by Crippen LogP contribution is -2.07. The molecule has 0 bridgehead atoms. The number of aryl methyl sites for hydroxylation is 2. The molecule has 0 fully saturated rings. The number of benzene rings is 2. The van der Waals surface area contributed by atoms with Crippen molar-refractivity contribution in [2.75, 3.05) is 11.1 Å². The topological polar surface area (TPSA) is 38.0 Å². The van der Waals surface area contributed by atoms with Crippen LogP contribution in [-0.2, 0) is 0 Å². The maximum atomic E-state index is 5.89. The van der Waals surface area contributed by atoms with Gasteiger partial charge in [-0.15, -0.1) is 0 Å². The van der Waals surface area contributed by atoms with Crippen LogP contribution in [0.5, 0.6) is 0 Å². The molecule has 0 aromatic heterocycles. The highest BCUT2D eigenvalue weighted by Crippen LogP contribution is 2.30. The van der Waals surface area contributed by atoms with Gasteiger partial charge >= 0.3 is 0 Å². The van der Waals surface area contributed by atoms with Crippen molar-refractivity contribution in [2.45, 2.75) is 26.8 Å². The maximum Gasteiger partial charge on any atom is 0.0493 e. The van der Waals surface area contributed by atoms with Crippen LogP contribution in [0.4, 0.5) is 11.4 Å². The lowest BCUT2D eigenvalue weighted by molar-refractivity contribution is 0.882. The van der Waals surface area contributed by atoms with E-state index in [4.69, 9.17) is 5.73 Å². The number of anilines is 2. The van der Waals surface area contributed by atoms with Gasteiger partial charge in [0.15, 0.2) is 0 Å². The van der Waals surface area contributed by atoms with Gasteiger partial charge in [0.25, 0.3) is 0 Å². The average molecular weight is 319 g/mol. The third kappa shape index (κ3) is 3.29. The molecule has 0 aliphatic heterocycles. The summed E-state index contributed by atoms with van der Waals surface area (Å²) in [7, 11) is 0. The molecule has 1 atom stereocenters. The number of hydrogen-bond acceptors (Lipinski definition) is 2. The van der Waals surface area contributed by atoms with Crippen LogP contribution in [0.15, 0.2) is 40.9 Å². The molecule has 0 aliphatic carbocycles. The summed E-state index contributed by atoms with van der Waals surface area (Å²) >= 11 is 3.55. The van der Waals surface area contributed by atoms with E-state index in [-0.39, 0.29) is 6.04 Å². The molecule has 0 aliphatic rings. The van der Waals surface area contributed by atoms with Crippen LogP contribution in [0.1, 0.15) is 29.7 Å². The number of nitrogen functional groups attached to an aromatic ring is 1. The van der Waals surface area contributed by atoms with E-state index >= 15 is 0 Å². The summed E-state index contributed by atoms with van der Waals surface area (Å²) < 4.78 is 0.995. The number of nitrogens with two attached hydrogens (primary N) is 1. The summed E-state index contributed by atoms with van der Waals surface area (Å²) in [5, 5.41) is 3.51. The Morgan fingerprint density at radius 1 is 1.11 bits per heavy atom. The third-order valence-corrected chi connectivity index (χ3v) is 3.96. The van der Waals surface area contributed by atoms with Crippen LogP contribution in [-0.4, -0.2) is 0 Å². The van der Waals surface area contributed by atoms with E-state index < -0.39 is 0 Å². The standard InChI is InChI=1S/C16H19BrN2/c1-10-4-6-13(7-5-10)12(3)19-16-8-11(2)15(18)9-14(16)17/h4-9,12,19H,18H2,1-3H3. The molecule has 0 heterocycles. The van der Waals surface area contributed by atoms with Crippen molar-refractivity contribution < 1.29 is 0 Å². The molecule has 2 aromatic carbocycles. The maximum absolute atomic E-state index is 5.89. The molecular formula is C16H19BrN2. The molecule has 0 spiro atoms. The Morgan fingerprint density at radius 2 is 1.74 bits per heavy atom. The van der Waals surface area contributed by atoms with Crippen LogP contribution in [0.2, 0.25) is 0 Å². The van der Waals surface area contributed by atoms with Gasteiger partial charge in [-0.25, -0.2) is 0 Å². The fourth-order valence-corrected chi connectivity index (χ4v) is 2.45. The van der Waals surface area contributed by atoms with E-state index in [0.717, 1.165) is 21.4 Å². The first kappa shape index (κ1) is 13.9. The zero-order chi connectivity index (χ0) is 14.0. The Hall–Kier alpha value is -1.48. The minimum atomic E-state index is 0.250. The SMILES string of the molecule is Cc1ccc(C(C)Nc2cc(C)c(N)cc2Br)cc1. The normalized spacial score (nSPS) is 12.2. The second-order valence-electron chi connectivity index (χ2n) is 4.97. The highest BCUT2D eigenvalue weighted by atomic mass is 79.9. The summed E-state index contributed by atoms with van der Waals surface area (Å²) in [5.41, 5.74) is 11.4. The lowest BCUT2D eigenvalue weighted by atomic mass is 10.1. The van der Waals surface area contributed by atoms with Gasteiger partial charge in [-0.05, 0) is 60.0 Å². The molecule has 1 unspecified atom stereocenters. The molecule has 2 nitrogen and oxygen atoms in total. The van der Waals surface area contributed by atoms with Gasteiger partial charge in [0.1, 0.15) is 0 Å². The van der Waals surface area contributed by atoms with E-state index in [2.05, 4.69) is 65.4 Å². The number of nitrogens with one attached hydrogen (secondary N) is 1. The largest absolute Gasteiger partial charge is 0.398 e. The van der Waals surface area contributed by atoms with Crippen molar-refractivity contribution in [3.8, 4) is 0 Å². The Balaban J connectivity index is 2.21. The molecule has 3 N–H and O–H groups in total. The van der Waals surface area contributed by atoms with E-state index in [0.29, 0.717) is 0 Å². The number of halogens is 1. The smallest absolute Gasteiger partial charge is 0.0493 e. The second kappa shape index (κ2) is 5.66. The quantitative estimate of drug-likeness (QED) is 0.796.